The number of cyclic esters (lactones) is 1. The number of ether oxygens (including phenoxy) is 1. The Morgan fingerprint density at radius 2 is 1.82 bits per heavy atom. The summed E-state index contributed by atoms with van der Waals surface area (Å²) in [5, 5.41) is 2.98. The number of amides is 1. The molecule has 0 spiro atoms. The molecule has 140 valence electrons. The van der Waals surface area contributed by atoms with Gasteiger partial charge in [-0.05, 0) is 11.6 Å². The van der Waals surface area contributed by atoms with Crippen molar-refractivity contribution < 1.29 is 19.1 Å². The van der Waals surface area contributed by atoms with Gasteiger partial charge in [0.05, 0.1) is 16.1 Å². The zero-order chi connectivity index (χ0) is 19.7. The van der Waals surface area contributed by atoms with Gasteiger partial charge in [0.1, 0.15) is 0 Å². The van der Waals surface area contributed by atoms with Gasteiger partial charge in [-0.15, -0.1) is 0 Å². The molecule has 28 heavy (non-hydrogen) atoms. The Morgan fingerprint density at radius 3 is 2.57 bits per heavy atom. The molecule has 1 amide bonds. The van der Waals surface area contributed by atoms with Crippen LogP contribution in [0, 0.1) is 0 Å². The standard InChI is InChI=1S/C21H16N2O4S/c1-12(24)18-17(13-7-3-2-4-8-13)22-21(28-18)23-19(25)16-11-14-9-5-6-10-15(14)20(26)27-16/h2-10,16H,11H2,1H3,(H,22,23,25). The van der Waals surface area contributed by atoms with E-state index in [0.717, 1.165) is 22.5 Å². The number of anilines is 1. The molecule has 1 unspecified atom stereocenters. The van der Waals surface area contributed by atoms with Crippen LogP contribution in [-0.4, -0.2) is 28.7 Å². The van der Waals surface area contributed by atoms with Crippen molar-refractivity contribution in [1.82, 2.24) is 4.98 Å². The highest BCUT2D eigenvalue weighted by molar-refractivity contribution is 7.18. The quantitative estimate of drug-likeness (QED) is 0.540. The molecule has 1 N–H and O–H groups in total. The number of nitrogens with zero attached hydrogens (tertiary/aromatic N) is 1. The predicted octanol–water partition coefficient (Wildman–Crippen LogP) is 3.73. The summed E-state index contributed by atoms with van der Waals surface area (Å²) in [4.78, 5) is 41.7. The Hall–Kier alpha value is -3.32. The average molecular weight is 392 g/mol. The summed E-state index contributed by atoms with van der Waals surface area (Å²) in [5.74, 6) is -1.11. The lowest BCUT2D eigenvalue weighted by Gasteiger charge is -2.23. The van der Waals surface area contributed by atoms with Crippen LogP contribution >= 0.6 is 11.3 Å². The fraction of sp³-hybridized carbons (Fsp3) is 0.143. The number of thiazole rings is 1. The summed E-state index contributed by atoms with van der Waals surface area (Å²) in [6.07, 6.45) is -0.642. The van der Waals surface area contributed by atoms with Gasteiger partial charge in [0, 0.05) is 18.9 Å². The number of rotatable bonds is 4. The van der Waals surface area contributed by atoms with Crippen molar-refractivity contribution in [2.75, 3.05) is 5.32 Å². The number of aromatic nitrogens is 1. The topological polar surface area (TPSA) is 85.4 Å². The Morgan fingerprint density at radius 1 is 1.11 bits per heavy atom. The first-order valence-corrected chi connectivity index (χ1v) is 9.51. The van der Waals surface area contributed by atoms with E-state index in [9.17, 15) is 14.4 Å². The highest BCUT2D eigenvalue weighted by Gasteiger charge is 2.31. The lowest BCUT2D eigenvalue weighted by molar-refractivity contribution is -0.125. The third-order valence-corrected chi connectivity index (χ3v) is 5.48. The van der Waals surface area contributed by atoms with Crippen LogP contribution in [-0.2, 0) is 16.0 Å². The molecule has 2 aromatic carbocycles. The third kappa shape index (κ3) is 3.44. The minimum atomic E-state index is -0.938. The number of esters is 1. The molecule has 0 aliphatic carbocycles. The van der Waals surface area contributed by atoms with E-state index in [1.165, 1.54) is 6.92 Å². The Labute approximate surface area is 165 Å². The van der Waals surface area contributed by atoms with Gasteiger partial charge < -0.3 is 4.74 Å². The van der Waals surface area contributed by atoms with Crippen LogP contribution in [0.4, 0.5) is 5.13 Å². The zero-order valence-electron chi connectivity index (χ0n) is 15.0. The average Bonchev–Trinajstić information content (AvgIpc) is 3.13. The molecule has 1 aliphatic rings. The van der Waals surface area contributed by atoms with Crippen molar-refractivity contribution in [2.24, 2.45) is 0 Å². The largest absolute Gasteiger partial charge is 0.448 e. The normalized spacial score (nSPS) is 15.5. The minimum Gasteiger partial charge on any atom is -0.448 e. The number of carbonyl (C=O) groups is 3. The first-order valence-electron chi connectivity index (χ1n) is 8.70. The van der Waals surface area contributed by atoms with Crippen molar-refractivity contribution in [2.45, 2.75) is 19.4 Å². The molecule has 0 radical (unpaired) electrons. The number of nitrogens with one attached hydrogen (secondary N) is 1. The summed E-state index contributed by atoms with van der Waals surface area (Å²) in [6.45, 7) is 1.46. The van der Waals surface area contributed by atoms with E-state index in [2.05, 4.69) is 10.3 Å². The van der Waals surface area contributed by atoms with Crippen molar-refractivity contribution in [3.63, 3.8) is 0 Å². The van der Waals surface area contributed by atoms with E-state index in [4.69, 9.17) is 4.74 Å². The Kier molecular flexibility index (Phi) is 4.75. The molecule has 6 nitrogen and oxygen atoms in total. The number of carbonyl (C=O) groups excluding carboxylic acids is 3. The number of Topliss-reactive ketones (excluding diaryl/α,β-unsaturated/α-hetero) is 1. The molecule has 0 fully saturated rings. The van der Waals surface area contributed by atoms with E-state index >= 15 is 0 Å². The maximum Gasteiger partial charge on any atom is 0.339 e. The van der Waals surface area contributed by atoms with E-state index in [1.807, 2.05) is 36.4 Å². The minimum absolute atomic E-state index is 0.130. The lowest BCUT2D eigenvalue weighted by Crippen LogP contribution is -2.37. The summed E-state index contributed by atoms with van der Waals surface area (Å²) in [7, 11) is 0. The molecule has 0 saturated carbocycles. The second-order valence-electron chi connectivity index (χ2n) is 6.36. The van der Waals surface area contributed by atoms with Crippen molar-refractivity contribution in [3.8, 4) is 11.3 Å². The molecule has 1 aliphatic heterocycles. The maximum atomic E-state index is 12.6. The smallest absolute Gasteiger partial charge is 0.339 e. The first-order chi connectivity index (χ1) is 13.5. The zero-order valence-corrected chi connectivity index (χ0v) is 15.8. The van der Waals surface area contributed by atoms with Crippen LogP contribution in [0.1, 0.15) is 32.5 Å². The predicted molar refractivity (Wildman–Crippen MR) is 106 cm³/mol. The molecule has 3 aromatic rings. The lowest BCUT2D eigenvalue weighted by atomic mass is 9.98. The molecule has 0 bridgehead atoms. The molecular weight excluding hydrogens is 376 g/mol. The van der Waals surface area contributed by atoms with Crippen molar-refractivity contribution in [1.29, 1.82) is 0 Å². The van der Waals surface area contributed by atoms with Gasteiger partial charge in [-0.1, -0.05) is 59.9 Å². The SMILES string of the molecule is CC(=O)c1sc(NC(=O)C2Cc3ccccc3C(=O)O2)nc1-c1ccccc1. The number of hydrogen-bond donors (Lipinski definition) is 1. The second-order valence-corrected chi connectivity index (χ2v) is 7.36. The van der Waals surface area contributed by atoms with Crippen LogP contribution < -0.4 is 5.32 Å². The summed E-state index contributed by atoms with van der Waals surface area (Å²) >= 11 is 1.11. The van der Waals surface area contributed by atoms with Gasteiger partial charge in [0.15, 0.2) is 17.0 Å². The number of fused-ring (bicyclic) bond motifs is 1. The van der Waals surface area contributed by atoms with Crippen LogP contribution in [0.15, 0.2) is 54.6 Å². The van der Waals surface area contributed by atoms with E-state index in [-0.39, 0.29) is 5.78 Å². The highest BCUT2D eigenvalue weighted by atomic mass is 32.1. The number of hydrogen-bond acceptors (Lipinski definition) is 6. The molecular formula is C21H16N2O4S. The van der Waals surface area contributed by atoms with Gasteiger partial charge in [0.2, 0.25) is 0 Å². The number of benzene rings is 2. The van der Waals surface area contributed by atoms with E-state index in [0.29, 0.717) is 27.7 Å². The summed E-state index contributed by atoms with van der Waals surface area (Å²) in [6, 6.07) is 16.4. The highest BCUT2D eigenvalue weighted by Crippen LogP contribution is 2.32. The van der Waals surface area contributed by atoms with Gasteiger partial charge >= 0.3 is 5.97 Å². The Bertz CT molecular complexity index is 1080. The van der Waals surface area contributed by atoms with E-state index in [1.54, 1.807) is 18.2 Å². The molecule has 1 aromatic heterocycles. The Balaban J connectivity index is 1.57. The van der Waals surface area contributed by atoms with Crippen LogP contribution in [0.2, 0.25) is 0 Å². The summed E-state index contributed by atoms with van der Waals surface area (Å²) < 4.78 is 5.27. The fourth-order valence-electron chi connectivity index (χ4n) is 3.07. The van der Waals surface area contributed by atoms with Crippen LogP contribution in [0.3, 0.4) is 0 Å². The molecule has 2 heterocycles. The summed E-state index contributed by atoms with van der Waals surface area (Å²) in [5.41, 5.74) is 2.57. The van der Waals surface area contributed by atoms with Gasteiger partial charge in [-0.25, -0.2) is 9.78 Å². The first kappa shape index (κ1) is 18.1. The molecule has 7 heteroatoms. The second kappa shape index (κ2) is 7.36. The fourth-order valence-corrected chi connectivity index (χ4v) is 3.95. The van der Waals surface area contributed by atoms with E-state index < -0.39 is 18.0 Å². The van der Waals surface area contributed by atoms with Crippen LogP contribution in [0.25, 0.3) is 11.3 Å². The van der Waals surface area contributed by atoms with Crippen LogP contribution in [0.5, 0.6) is 0 Å². The number of ketones is 1. The van der Waals surface area contributed by atoms with Crippen molar-refractivity contribution >= 4 is 34.1 Å². The van der Waals surface area contributed by atoms with Gasteiger partial charge in [0.25, 0.3) is 5.91 Å². The van der Waals surface area contributed by atoms with Gasteiger partial charge in [-0.2, -0.15) is 0 Å². The molecule has 0 saturated heterocycles. The third-order valence-electron chi connectivity index (χ3n) is 4.41. The van der Waals surface area contributed by atoms with Crippen molar-refractivity contribution in [3.05, 3.63) is 70.6 Å². The molecule has 1 atom stereocenters. The molecule has 4 rings (SSSR count). The van der Waals surface area contributed by atoms with Gasteiger partial charge in [-0.3, -0.25) is 14.9 Å². The monoisotopic (exact) mass is 392 g/mol. The maximum absolute atomic E-state index is 12.6.